The average molecular weight is 286 g/mol. The zero-order valence-electron chi connectivity index (χ0n) is 11.4. The van der Waals surface area contributed by atoms with E-state index in [1.54, 1.807) is 6.92 Å². The van der Waals surface area contributed by atoms with Gasteiger partial charge in [-0.1, -0.05) is 30.3 Å². The number of amidine groups is 1. The van der Waals surface area contributed by atoms with E-state index in [1.165, 1.54) is 6.07 Å². The molecule has 3 N–H and O–H groups in total. The first-order valence-electron chi connectivity index (χ1n) is 6.14. The number of hydrogen-bond donors (Lipinski definition) is 2. The van der Waals surface area contributed by atoms with Crippen LogP contribution in [0, 0.1) is 6.92 Å². The van der Waals surface area contributed by atoms with E-state index in [-0.39, 0.29) is 11.5 Å². The molecule has 0 aliphatic rings. The number of aromatic nitrogens is 2. The Morgan fingerprint density at radius 1 is 1.33 bits per heavy atom. The van der Waals surface area contributed by atoms with Crippen LogP contribution < -0.4 is 10.5 Å². The van der Waals surface area contributed by atoms with Gasteiger partial charge in [0.2, 0.25) is 5.88 Å². The van der Waals surface area contributed by atoms with Crippen molar-refractivity contribution in [3.8, 4) is 5.88 Å². The molecule has 0 spiro atoms. The number of amides is 1. The molecule has 2 rings (SSSR count). The monoisotopic (exact) mass is 286 g/mol. The maximum Gasteiger partial charge on any atom is 0.433 e. The van der Waals surface area contributed by atoms with Crippen molar-refractivity contribution in [3.05, 3.63) is 53.5 Å². The van der Waals surface area contributed by atoms with Crippen molar-refractivity contribution >= 4 is 11.9 Å². The predicted octanol–water partition coefficient (Wildman–Crippen LogP) is 1.75. The normalized spacial score (nSPS) is 11.2. The van der Waals surface area contributed by atoms with Gasteiger partial charge in [0, 0.05) is 6.07 Å². The number of carbonyl (C=O) groups is 1. The number of nitrogens with zero attached hydrogens (tertiary/aromatic N) is 3. The van der Waals surface area contributed by atoms with Crippen LogP contribution in [0.1, 0.15) is 17.1 Å². The Bertz CT molecular complexity index is 671. The van der Waals surface area contributed by atoms with E-state index in [0.717, 1.165) is 5.56 Å². The highest BCUT2D eigenvalue weighted by atomic mass is 16.5. The Morgan fingerprint density at radius 2 is 2.05 bits per heavy atom. The molecule has 7 nitrogen and oxygen atoms in total. The molecule has 7 heteroatoms. The molecule has 0 aliphatic carbocycles. The van der Waals surface area contributed by atoms with Gasteiger partial charge in [-0.2, -0.15) is 9.98 Å². The van der Waals surface area contributed by atoms with Crippen molar-refractivity contribution in [2.24, 2.45) is 10.7 Å². The van der Waals surface area contributed by atoms with Gasteiger partial charge in [-0.15, -0.1) is 0 Å². The minimum atomic E-state index is -1.38. The number of aryl methyl sites for hydroxylation is 1. The van der Waals surface area contributed by atoms with Crippen LogP contribution in [0.4, 0.5) is 4.79 Å². The van der Waals surface area contributed by atoms with Crippen LogP contribution in [0.15, 0.2) is 41.4 Å². The summed E-state index contributed by atoms with van der Waals surface area (Å²) in [5.74, 6) is 0.529. The van der Waals surface area contributed by atoms with Crippen LogP contribution in [0.25, 0.3) is 0 Å². The summed E-state index contributed by atoms with van der Waals surface area (Å²) in [6, 6.07) is 11.0. The van der Waals surface area contributed by atoms with Gasteiger partial charge >= 0.3 is 6.09 Å². The molecule has 0 radical (unpaired) electrons. The summed E-state index contributed by atoms with van der Waals surface area (Å²) in [5, 5.41) is 8.59. The Hall–Kier alpha value is -2.96. The number of ether oxygens (including phenoxy) is 1. The molecule has 108 valence electrons. The summed E-state index contributed by atoms with van der Waals surface area (Å²) < 4.78 is 5.56. The second kappa shape index (κ2) is 6.47. The Balaban J connectivity index is 2.17. The second-order valence-corrected chi connectivity index (χ2v) is 4.19. The Kier molecular flexibility index (Phi) is 4.45. The highest BCUT2D eigenvalue weighted by Gasteiger charge is 2.08. The second-order valence-electron chi connectivity index (χ2n) is 4.19. The molecule has 0 atom stereocenters. The molecule has 0 aliphatic heterocycles. The highest BCUT2D eigenvalue weighted by Crippen LogP contribution is 2.12. The maximum absolute atomic E-state index is 10.5. The largest absolute Gasteiger partial charge is 0.473 e. The summed E-state index contributed by atoms with van der Waals surface area (Å²) in [6.45, 7) is 2.00. The molecule has 0 saturated heterocycles. The third-order valence-electron chi connectivity index (χ3n) is 2.52. The molecule has 1 aromatic carbocycles. The lowest BCUT2D eigenvalue weighted by Gasteiger charge is -2.07. The summed E-state index contributed by atoms with van der Waals surface area (Å²) in [5.41, 5.74) is 6.77. The lowest BCUT2D eigenvalue weighted by atomic mass is 10.2. The minimum Gasteiger partial charge on any atom is -0.473 e. The van der Waals surface area contributed by atoms with Crippen LogP contribution in [0.3, 0.4) is 0 Å². The zero-order chi connectivity index (χ0) is 15.2. The van der Waals surface area contributed by atoms with Crippen LogP contribution in [-0.2, 0) is 6.61 Å². The SMILES string of the molecule is Cc1nc(OCc2ccccc2)cc(C(N)=NC(=O)O)n1. The molecule has 2 aromatic rings. The molecule has 0 saturated carbocycles. The number of benzene rings is 1. The third-order valence-corrected chi connectivity index (χ3v) is 2.52. The van der Waals surface area contributed by atoms with E-state index in [2.05, 4.69) is 15.0 Å². The number of aliphatic imine (C=N–C) groups is 1. The molecule has 0 bridgehead atoms. The molecule has 1 aromatic heterocycles. The molecule has 0 fully saturated rings. The maximum atomic E-state index is 10.5. The van der Waals surface area contributed by atoms with E-state index in [1.807, 2.05) is 30.3 Å². The van der Waals surface area contributed by atoms with Crippen molar-refractivity contribution in [1.82, 2.24) is 9.97 Å². The van der Waals surface area contributed by atoms with E-state index < -0.39 is 6.09 Å². The smallest absolute Gasteiger partial charge is 0.433 e. The molecule has 1 heterocycles. The topological polar surface area (TPSA) is 111 Å². The molecule has 21 heavy (non-hydrogen) atoms. The Labute approximate surface area is 121 Å². The van der Waals surface area contributed by atoms with Gasteiger partial charge in [-0.05, 0) is 12.5 Å². The van der Waals surface area contributed by atoms with Crippen LogP contribution in [0.2, 0.25) is 0 Å². The van der Waals surface area contributed by atoms with Crippen molar-refractivity contribution in [1.29, 1.82) is 0 Å². The summed E-state index contributed by atoms with van der Waals surface area (Å²) in [6.07, 6.45) is -1.38. The van der Waals surface area contributed by atoms with Gasteiger partial charge in [0.05, 0.1) is 0 Å². The first-order chi connectivity index (χ1) is 10.0. The number of hydrogen-bond acceptors (Lipinski definition) is 4. The molecule has 0 unspecified atom stereocenters. The molecular formula is C14H14N4O3. The summed E-state index contributed by atoms with van der Waals surface area (Å²) >= 11 is 0. The van der Waals surface area contributed by atoms with E-state index in [0.29, 0.717) is 18.3 Å². The first kappa shape index (κ1) is 14.4. The third kappa shape index (κ3) is 4.27. The van der Waals surface area contributed by atoms with E-state index in [9.17, 15) is 4.79 Å². The van der Waals surface area contributed by atoms with Gasteiger partial charge < -0.3 is 15.6 Å². The molecule has 1 amide bonds. The lowest BCUT2D eigenvalue weighted by molar-refractivity contribution is 0.205. The fourth-order valence-corrected chi connectivity index (χ4v) is 1.64. The fourth-order valence-electron chi connectivity index (χ4n) is 1.64. The average Bonchev–Trinajstić information content (AvgIpc) is 2.45. The first-order valence-corrected chi connectivity index (χ1v) is 6.14. The standard InChI is InChI=1S/C14H14N4O3/c1-9-16-11(13(15)18-14(19)20)7-12(17-9)21-8-10-5-3-2-4-6-10/h2-7H,8H2,1H3,(H2,15,18)(H,19,20). The number of rotatable bonds is 4. The minimum absolute atomic E-state index is 0.197. The lowest BCUT2D eigenvalue weighted by Crippen LogP contribution is -2.18. The van der Waals surface area contributed by atoms with Gasteiger partial charge in [0.15, 0.2) is 5.84 Å². The zero-order valence-corrected chi connectivity index (χ0v) is 11.4. The van der Waals surface area contributed by atoms with Gasteiger partial charge in [0.25, 0.3) is 0 Å². The van der Waals surface area contributed by atoms with Crippen LogP contribution in [-0.4, -0.2) is 27.0 Å². The molecular weight excluding hydrogens is 272 g/mol. The van der Waals surface area contributed by atoms with E-state index >= 15 is 0 Å². The Morgan fingerprint density at radius 3 is 2.71 bits per heavy atom. The van der Waals surface area contributed by atoms with Gasteiger partial charge in [-0.25, -0.2) is 9.78 Å². The highest BCUT2D eigenvalue weighted by molar-refractivity contribution is 6.01. The summed E-state index contributed by atoms with van der Waals surface area (Å²) in [7, 11) is 0. The van der Waals surface area contributed by atoms with Gasteiger partial charge in [0.1, 0.15) is 18.1 Å². The number of carboxylic acid groups (broad SMARTS) is 1. The van der Waals surface area contributed by atoms with Crippen molar-refractivity contribution in [2.75, 3.05) is 0 Å². The van der Waals surface area contributed by atoms with Crippen molar-refractivity contribution in [3.63, 3.8) is 0 Å². The summed E-state index contributed by atoms with van der Waals surface area (Å²) in [4.78, 5) is 21.9. The fraction of sp³-hybridized carbons (Fsp3) is 0.143. The van der Waals surface area contributed by atoms with Crippen LogP contribution >= 0.6 is 0 Å². The van der Waals surface area contributed by atoms with Crippen LogP contribution in [0.5, 0.6) is 5.88 Å². The van der Waals surface area contributed by atoms with E-state index in [4.69, 9.17) is 15.6 Å². The van der Waals surface area contributed by atoms with Crippen molar-refractivity contribution < 1.29 is 14.6 Å². The number of nitrogens with two attached hydrogens (primary N) is 1. The quantitative estimate of drug-likeness (QED) is 0.654. The van der Waals surface area contributed by atoms with Crippen molar-refractivity contribution in [2.45, 2.75) is 13.5 Å². The van der Waals surface area contributed by atoms with Gasteiger partial charge in [-0.3, -0.25) is 0 Å². The predicted molar refractivity (Wildman–Crippen MR) is 76.3 cm³/mol.